The van der Waals surface area contributed by atoms with Gasteiger partial charge >= 0.3 is 0 Å². The van der Waals surface area contributed by atoms with Crippen molar-refractivity contribution < 1.29 is 9.53 Å². The van der Waals surface area contributed by atoms with Crippen LogP contribution in [0.15, 0.2) is 30.3 Å². The van der Waals surface area contributed by atoms with Gasteiger partial charge in [0.25, 0.3) is 0 Å². The van der Waals surface area contributed by atoms with E-state index in [9.17, 15) is 4.79 Å². The molecule has 2 fully saturated rings. The highest BCUT2D eigenvalue weighted by Crippen LogP contribution is 2.38. The fourth-order valence-electron chi connectivity index (χ4n) is 5.42. The molecule has 1 aromatic carbocycles. The van der Waals surface area contributed by atoms with E-state index in [0.29, 0.717) is 5.92 Å². The Kier molecular flexibility index (Phi) is 5.79. The molecule has 172 valence electrons. The lowest BCUT2D eigenvalue weighted by molar-refractivity contribution is -0.127. The number of rotatable bonds is 4. The van der Waals surface area contributed by atoms with Crippen LogP contribution in [-0.4, -0.2) is 54.6 Å². The lowest BCUT2D eigenvalue weighted by Gasteiger charge is -2.24. The number of hydrogen-bond donors (Lipinski definition) is 1. The summed E-state index contributed by atoms with van der Waals surface area (Å²) in [6, 6.07) is 10.5. The van der Waals surface area contributed by atoms with Gasteiger partial charge < -0.3 is 15.0 Å². The molecule has 2 aliphatic heterocycles. The molecule has 0 aliphatic carbocycles. The fourth-order valence-corrected chi connectivity index (χ4v) is 5.42. The molecule has 6 heteroatoms. The summed E-state index contributed by atoms with van der Waals surface area (Å²) in [7, 11) is 3.59. The van der Waals surface area contributed by atoms with Crippen LogP contribution in [0.25, 0.3) is 22.3 Å². The maximum absolute atomic E-state index is 12.9. The van der Waals surface area contributed by atoms with Gasteiger partial charge in [-0.2, -0.15) is 0 Å². The van der Waals surface area contributed by atoms with Gasteiger partial charge in [-0.1, -0.05) is 6.07 Å². The average molecular weight is 445 g/mol. The van der Waals surface area contributed by atoms with E-state index in [0.717, 1.165) is 89.3 Å². The Labute approximate surface area is 195 Å². The third kappa shape index (κ3) is 3.97. The van der Waals surface area contributed by atoms with Gasteiger partial charge in [-0.3, -0.25) is 4.79 Å². The van der Waals surface area contributed by atoms with Crippen molar-refractivity contribution in [2.24, 2.45) is 0 Å². The molecule has 33 heavy (non-hydrogen) atoms. The number of carbonyl (C=O) groups excluding carboxylic acids is 1. The molecule has 2 aromatic heterocycles. The molecule has 0 spiro atoms. The Morgan fingerprint density at radius 3 is 2.67 bits per heavy atom. The minimum atomic E-state index is -0.126. The molecule has 3 aromatic rings. The molecule has 2 unspecified atom stereocenters. The number of hydrogen-bond acceptors (Lipinski definition) is 5. The summed E-state index contributed by atoms with van der Waals surface area (Å²) in [5, 5.41) is 4.47. The standard InChI is InChI=1S/C27H32N4O2/c1-16-12-17(2)25(24(13-16)33-4)22-8-7-19-21(20-9-11-31(3)27(20)32)14-23(30-26(19)29-22)18-6-5-10-28-15-18/h7-8,12-14,18,20,28H,5-6,9-11,15H2,1-4H3. The van der Waals surface area contributed by atoms with Gasteiger partial charge in [0.1, 0.15) is 5.75 Å². The summed E-state index contributed by atoms with van der Waals surface area (Å²) in [5.41, 5.74) is 6.96. The van der Waals surface area contributed by atoms with Gasteiger partial charge in [0.05, 0.1) is 18.7 Å². The SMILES string of the molecule is COc1cc(C)cc(C)c1-c1ccc2c(C3CCN(C)C3=O)cc(C3CCCNC3)nc2n1. The topological polar surface area (TPSA) is 67.3 Å². The van der Waals surface area contributed by atoms with Crippen LogP contribution in [0, 0.1) is 13.8 Å². The predicted molar refractivity (Wildman–Crippen MR) is 131 cm³/mol. The summed E-state index contributed by atoms with van der Waals surface area (Å²) in [6.45, 7) is 6.92. The first kappa shape index (κ1) is 21.8. The Bertz CT molecular complexity index is 1220. The van der Waals surface area contributed by atoms with Crippen molar-refractivity contribution in [3.05, 3.63) is 52.7 Å². The van der Waals surface area contributed by atoms with Crippen molar-refractivity contribution in [2.45, 2.75) is 44.9 Å². The number of likely N-dealkylation sites (tertiary alicyclic amines) is 1. The minimum absolute atomic E-state index is 0.126. The number of benzene rings is 1. The van der Waals surface area contributed by atoms with Gasteiger partial charge in [0.2, 0.25) is 5.91 Å². The third-order valence-electron chi connectivity index (χ3n) is 7.16. The summed E-state index contributed by atoms with van der Waals surface area (Å²) < 4.78 is 5.70. The van der Waals surface area contributed by atoms with Crippen LogP contribution < -0.4 is 10.1 Å². The first-order valence-corrected chi connectivity index (χ1v) is 11.9. The molecule has 0 radical (unpaired) electrons. The zero-order valence-electron chi connectivity index (χ0n) is 19.9. The van der Waals surface area contributed by atoms with Gasteiger partial charge in [0.15, 0.2) is 5.65 Å². The number of carbonyl (C=O) groups is 1. The molecule has 1 N–H and O–H groups in total. The van der Waals surface area contributed by atoms with E-state index in [2.05, 4.69) is 37.4 Å². The molecule has 2 atom stereocenters. The molecular formula is C27H32N4O2. The zero-order valence-corrected chi connectivity index (χ0v) is 19.9. The van der Waals surface area contributed by atoms with Crippen LogP contribution >= 0.6 is 0 Å². The highest BCUT2D eigenvalue weighted by Gasteiger charge is 2.33. The monoisotopic (exact) mass is 444 g/mol. The number of nitrogens with one attached hydrogen (secondary N) is 1. The van der Waals surface area contributed by atoms with Gasteiger partial charge in [-0.25, -0.2) is 9.97 Å². The Morgan fingerprint density at radius 1 is 1.12 bits per heavy atom. The number of aromatic nitrogens is 2. The first-order valence-electron chi connectivity index (χ1n) is 11.9. The maximum Gasteiger partial charge on any atom is 0.229 e. The van der Waals surface area contributed by atoms with E-state index in [1.807, 2.05) is 24.1 Å². The minimum Gasteiger partial charge on any atom is -0.496 e. The van der Waals surface area contributed by atoms with E-state index in [4.69, 9.17) is 14.7 Å². The van der Waals surface area contributed by atoms with Crippen molar-refractivity contribution in [3.63, 3.8) is 0 Å². The smallest absolute Gasteiger partial charge is 0.229 e. The lowest BCUT2D eigenvalue weighted by atomic mass is 9.89. The predicted octanol–water partition coefficient (Wildman–Crippen LogP) is 4.33. The maximum atomic E-state index is 12.9. The van der Waals surface area contributed by atoms with Crippen LogP contribution in [0.2, 0.25) is 0 Å². The number of amides is 1. The lowest BCUT2D eigenvalue weighted by Crippen LogP contribution is -2.29. The number of likely N-dealkylation sites (N-methyl/N-ethyl adjacent to an activating group) is 1. The van der Waals surface area contributed by atoms with Crippen molar-refractivity contribution in [2.75, 3.05) is 33.8 Å². The van der Waals surface area contributed by atoms with Crippen molar-refractivity contribution in [1.82, 2.24) is 20.2 Å². The summed E-state index contributed by atoms with van der Waals surface area (Å²) in [4.78, 5) is 24.9. The molecule has 0 bridgehead atoms. The van der Waals surface area contributed by atoms with Gasteiger partial charge in [0, 0.05) is 42.7 Å². The van der Waals surface area contributed by atoms with E-state index in [1.54, 1.807) is 7.11 Å². The normalized spacial score (nSPS) is 21.1. The van der Waals surface area contributed by atoms with Crippen molar-refractivity contribution in [1.29, 1.82) is 0 Å². The van der Waals surface area contributed by atoms with Crippen LogP contribution in [0.3, 0.4) is 0 Å². The average Bonchev–Trinajstić information content (AvgIpc) is 3.16. The van der Waals surface area contributed by atoms with Crippen LogP contribution in [0.5, 0.6) is 5.75 Å². The first-order chi connectivity index (χ1) is 16.0. The largest absolute Gasteiger partial charge is 0.496 e. The van der Waals surface area contributed by atoms with Crippen LogP contribution in [0.4, 0.5) is 0 Å². The number of methoxy groups -OCH3 is 1. The number of ether oxygens (including phenoxy) is 1. The zero-order chi connectivity index (χ0) is 23.1. The highest BCUT2D eigenvalue weighted by atomic mass is 16.5. The molecular weight excluding hydrogens is 412 g/mol. The highest BCUT2D eigenvalue weighted by molar-refractivity contribution is 5.92. The molecule has 2 aliphatic rings. The Morgan fingerprint density at radius 2 is 1.97 bits per heavy atom. The summed E-state index contributed by atoms with van der Waals surface area (Å²) in [5.74, 6) is 1.23. The Hall–Kier alpha value is -2.99. The van der Waals surface area contributed by atoms with Crippen LogP contribution in [0.1, 0.15) is 53.5 Å². The molecule has 1 amide bonds. The molecule has 2 saturated heterocycles. The van der Waals surface area contributed by atoms with Crippen molar-refractivity contribution >= 4 is 16.9 Å². The van der Waals surface area contributed by atoms with E-state index in [-0.39, 0.29) is 11.8 Å². The Balaban J connectivity index is 1.69. The van der Waals surface area contributed by atoms with Crippen molar-refractivity contribution in [3.8, 4) is 17.0 Å². The van der Waals surface area contributed by atoms with E-state index >= 15 is 0 Å². The number of piperidine rings is 1. The number of fused-ring (bicyclic) bond motifs is 1. The number of pyridine rings is 2. The quantitative estimate of drug-likeness (QED) is 0.649. The molecule has 4 heterocycles. The molecule has 5 rings (SSSR count). The fraction of sp³-hybridized carbons (Fsp3) is 0.444. The second kappa shape index (κ2) is 8.75. The second-order valence-electron chi connectivity index (χ2n) is 9.51. The summed E-state index contributed by atoms with van der Waals surface area (Å²) >= 11 is 0. The third-order valence-corrected chi connectivity index (χ3v) is 7.16. The van der Waals surface area contributed by atoms with E-state index < -0.39 is 0 Å². The summed E-state index contributed by atoms with van der Waals surface area (Å²) in [6.07, 6.45) is 3.08. The number of nitrogens with zero attached hydrogens (tertiary/aromatic N) is 3. The molecule has 6 nitrogen and oxygen atoms in total. The molecule has 0 saturated carbocycles. The van der Waals surface area contributed by atoms with E-state index in [1.165, 1.54) is 0 Å². The van der Waals surface area contributed by atoms with Crippen LogP contribution in [-0.2, 0) is 4.79 Å². The second-order valence-corrected chi connectivity index (χ2v) is 9.51. The van der Waals surface area contributed by atoms with Gasteiger partial charge in [-0.15, -0.1) is 0 Å². The van der Waals surface area contributed by atoms with Gasteiger partial charge in [-0.05, 0) is 80.6 Å². The number of aryl methyl sites for hydroxylation is 2.